The topological polar surface area (TPSA) is 35.6 Å². The van der Waals surface area contributed by atoms with Gasteiger partial charge in [-0.15, -0.1) is 0 Å². The van der Waals surface area contributed by atoms with Gasteiger partial charge in [-0.05, 0) is 44.6 Å². The van der Waals surface area contributed by atoms with Gasteiger partial charge >= 0.3 is 0 Å². The summed E-state index contributed by atoms with van der Waals surface area (Å²) in [7, 11) is 5.67. The minimum atomic E-state index is -0.00972. The molecule has 2 rings (SSSR count). The Bertz CT molecular complexity index is 504. The van der Waals surface area contributed by atoms with Crippen molar-refractivity contribution in [2.24, 2.45) is 0 Å². The number of nitrogens with one attached hydrogen (secondary N) is 1. The van der Waals surface area contributed by atoms with Gasteiger partial charge in [0.2, 0.25) is 0 Å². The highest BCUT2D eigenvalue weighted by Gasteiger charge is 2.19. The molecule has 0 saturated carbocycles. The molecular weight excluding hydrogens is 286 g/mol. The van der Waals surface area contributed by atoms with Crippen LogP contribution in [0.5, 0.6) is 0 Å². The molecule has 0 spiro atoms. The molecular formula is C16H24ClN3O. The van der Waals surface area contributed by atoms with Crippen molar-refractivity contribution in [1.29, 1.82) is 0 Å². The molecule has 5 heteroatoms. The van der Waals surface area contributed by atoms with Crippen LogP contribution in [0.4, 0.5) is 5.69 Å². The van der Waals surface area contributed by atoms with Crippen molar-refractivity contribution in [3.05, 3.63) is 28.8 Å². The van der Waals surface area contributed by atoms with Gasteiger partial charge in [0.15, 0.2) is 0 Å². The van der Waals surface area contributed by atoms with Gasteiger partial charge in [-0.2, -0.15) is 0 Å². The summed E-state index contributed by atoms with van der Waals surface area (Å²) in [5.74, 6) is -0.00972. The fourth-order valence-corrected chi connectivity index (χ4v) is 2.87. The van der Waals surface area contributed by atoms with E-state index in [1.165, 1.54) is 19.3 Å². The maximum absolute atomic E-state index is 12.0. The second-order valence-corrected chi connectivity index (χ2v) is 6.31. The highest BCUT2D eigenvalue weighted by atomic mass is 35.5. The number of benzene rings is 1. The van der Waals surface area contributed by atoms with E-state index in [-0.39, 0.29) is 5.91 Å². The van der Waals surface area contributed by atoms with Crippen LogP contribution < -0.4 is 5.32 Å². The molecule has 1 unspecified atom stereocenters. The van der Waals surface area contributed by atoms with Gasteiger partial charge in [0.1, 0.15) is 0 Å². The number of halogens is 1. The maximum atomic E-state index is 12.0. The van der Waals surface area contributed by atoms with Crippen molar-refractivity contribution in [1.82, 2.24) is 9.80 Å². The van der Waals surface area contributed by atoms with Gasteiger partial charge in [-0.25, -0.2) is 0 Å². The zero-order valence-electron chi connectivity index (χ0n) is 13.0. The minimum absolute atomic E-state index is 0.00972. The molecule has 1 saturated heterocycles. The Kier molecular flexibility index (Phi) is 5.48. The van der Waals surface area contributed by atoms with Gasteiger partial charge in [-0.3, -0.25) is 4.79 Å². The summed E-state index contributed by atoms with van der Waals surface area (Å²) in [6.45, 7) is 2.01. The molecule has 116 valence electrons. The van der Waals surface area contributed by atoms with Gasteiger partial charge in [0, 0.05) is 32.2 Å². The number of anilines is 1. The number of nitrogens with zero attached hydrogens (tertiary/aromatic N) is 2. The van der Waals surface area contributed by atoms with Gasteiger partial charge in [0.05, 0.1) is 10.7 Å². The lowest BCUT2D eigenvalue weighted by molar-refractivity contribution is 0.0827. The van der Waals surface area contributed by atoms with Crippen LogP contribution in [0, 0.1) is 0 Å². The van der Waals surface area contributed by atoms with Crippen molar-refractivity contribution in [3.63, 3.8) is 0 Å². The first-order valence-corrected chi connectivity index (χ1v) is 7.82. The van der Waals surface area contributed by atoms with E-state index in [1.807, 2.05) is 6.07 Å². The largest absolute Gasteiger partial charge is 0.382 e. The number of hydrogen-bond acceptors (Lipinski definition) is 3. The zero-order valence-corrected chi connectivity index (χ0v) is 13.8. The Morgan fingerprint density at radius 2 is 2.19 bits per heavy atom. The van der Waals surface area contributed by atoms with Gasteiger partial charge in [0.25, 0.3) is 5.91 Å². The molecule has 1 aliphatic rings. The van der Waals surface area contributed by atoms with Crippen LogP contribution in [0.25, 0.3) is 0 Å². The van der Waals surface area contributed by atoms with E-state index >= 15 is 0 Å². The molecule has 1 amide bonds. The number of rotatable bonds is 4. The van der Waals surface area contributed by atoms with E-state index in [2.05, 4.69) is 17.3 Å². The van der Waals surface area contributed by atoms with Crippen molar-refractivity contribution < 1.29 is 4.79 Å². The van der Waals surface area contributed by atoms with Crippen LogP contribution in [-0.4, -0.2) is 56.0 Å². The normalized spacial score (nSPS) is 19.3. The number of carbonyl (C=O) groups excluding carboxylic acids is 1. The third-order valence-electron chi connectivity index (χ3n) is 4.07. The van der Waals surface area contributed by atoms with Crippen LogP contribution >= 0.6 is 11.6 Å². The second-order valence-electron chi connectivity index (χ2n) is 5.91. The summed E-state index contributed by atoms with van der Waals surface area (Å²) in [5, 5.41) is 4.06. The molecule has 4 nitrogen and oxygen atoms in total. The lowest BCUT2D eigenvalue weighted by Gasteiger charge is -2.32. The lowest BCUT2D eigenvalue weighted by atomic mass is 10.0. The lowest BCUT2D eigenvalue weighted by Crippen LogP contribution is -2.40. The highest BCUT2D eigenvalue weighted by Crippen LogP contribution is 2.24. The van der Waals surface area contributed by atoms with E-state index in [0.29, 0.717) is 16.6 Å². The van der Waals surface area contributed by atoms with Crippen LogP contribution in [0.15, 0.2) is 18.2 Å². The van der Waals surface area contributed by atoms with Crippen molar-refractivity contribution in [3.8, 4) is 0 Å². The van der Waals surface area contributed by atoms with E-state index < -0.39 is 0 Å². The standard InChI is InChI=1S/C16H24ClN3O/c1-19(2)16(21)12-7-8-14(17)15(10-12)18-11-13-6-4-5-9-20(13)3/h7-8,10,13,18H,4-6,9,11H2,1-3H3. The third-order valence-corrected chi connectivity index (χ3v) is 4.40. The first-order chi connectivity index (χ1) is 9.99. The number of piperidine rings is 1. The maximum Gasteiger partial charge on any atom is 0.253 e. The Hall–Kier alpha value is -1.26. The zero-order chi connectivity index (χ0) is 15.4. The SMILES string of the molecule is CN(C)C(=O)c1ccc(Cl)c(NCC2CCCCN2C)c1. The predicted molar refractivity (Wildman–Crippen MR) is 88.2 cm³/mol. The summed E-state index contributed by atoms with van der Waals surface area (Å²) in [6.07, 6.45) is 3.77. The molecule has 0 aliphatic carbocycles. The Morgan fingerprint density at radius 3 is 2.86 bits per heavy atom. The average Bonchev–Trinajstić information content (AvgIpc) is 2.47. The average molecular weight is 310 g/mol. The summed E-state index contributed by atoms with van der Waals surface area (Å²) >= 11 is 6.23. The number of likely N-dealkylation sites (tertiary alicyclic amines) is 1. The highest BCUT2D eigenvalue weighted by molar-refractivity contribution is 6.33. The predicted octanol–water partition coefficient (Wildman–Crippen LogP) is 2.94. The molecule has 1 aliphatic heterocycles. The van der Waals surface area contributed by atoms with Crippen molar-refractivity contribution >= 4 is 23.2 Å². The molecule has 1 heterocycles. The second kappa shape index (κ2) is 7.14. The Morgan fingerprint density at radius 1 is 1.43 bits per heavy atom. The minimum Gasteiger partial charge on any atom is -0.382 e. The number of hydrogen-bond donors (Lipinski definition) is 1. The first-order valence-electron chi connectivity index (χ1n) is 7.44. The smallest absolute Gasteiger partial charge is 0.253 e. The summed E-state index contributed by atoms with van der Waals surface area (Å²) in [6, 6.07) is 5.92. The monoisotopic (exact) mass is 309 g/mol. The van der Waals surface area contributed by atoms with Crippen LogP contribution in [0.1, 0.15) is 29.6 Å². The van der Waals surface area contributed by atoms with E-state index in [1.54, 1.807) is 31.1 Å². The van der Waals surface area contributed by atoms with E-state index in [9.17, 15) is 4.79 Å². The third kappa shape index (κ3) is 4.11. The summed E-state index contributed by atoms with van der Waals surface area (Å²) in [4.78, 5) is 16.0. The molecule has 0 aromatic heterocycles. The van der Waals surface area contributed by atoms with Crippen LogP contribution in [0.2, 0.25) is 5.02 Å². The molecule has 0 radical (unpaired) electrons. The molecule has 1 aromatic rings. The van der Waals surface area contributed by atoms with Crippen LogP contribution in [0.3, 0.4) is 0 Å². The quantitative estimate of drug-likeness (QED) is 0.929. The fourth-order valence-electron chi connectivity index (χ4n) is 2.68. The molecule has 21 heavy (non-hydrogen) atoms. The number of amides is 1. The fraction of sp³-hybridized carbons (Fsp3) is 0.562. The number of likely N-dealkylation sites (N-methyl/N-ethyl adjacent to an activating group) is 1. The number of carbonyl (C=O) groups is 1. The Balaban J connectivity index is 2.05. The molecule has 1 atom stereocenters. The summed E-state index contributed by atoms with van der Waals surface area (Å²) in [5.41, 5.74) is 1.49. The van der Waals surface area contributed by atoms with Crippen molar-refractivity contribution in [2.75, 3.05) is 39.5 Å². The molecule has 1 N–H and O–H groups in total. The Labute approximate surface area is 132 Å². The first kappa shape index (κ1) is 16.1. The van der Waals surface area contributed by atoms with Gasteiger partial charge in [-0.1, -0.05) is 18.0 Å². The van der Waals surface area contributed by atoms with Gasteiger partial charge < -0.3 is 15.1 Å². The van der Waals surface area contributed by atoms with Crippen molar-refractivity contribution in [2.45, 2.75) is 25.3 Å². The van der Waals surface area contributed by atoms with E-state index in [4.69, 9.17) is 11.6 Å². The molecule has 1 fully saturated rings. The van der Waals surface area contributed by atoms with Crippen LogP contribution in [-0.2, 0) is 0 Å². The molecule has 0 bridgehead atoms. The van der Waals surface area contributed by atoms with E-state index in [0.717, 1.165) is 18.8 Å². The molecule has 1 aromatic carbocycles. The summed E-state index contributed by atoms with van der Waals surface area (Å²) < 4.78 is 0.